The van der Waals surface area contributed by atoms with E-state index in [9.17, 15) is 0 Å². The highest BCUT2D eigenvalue weighted by molar-refractivity contribution is 5.49. The summed E-state index contributed by atoms with van der Waals surface area (Å²) in [7, 11) is 0. The van der Waals surface area contributed by atoms with Crippen molar-refractivity contribution < 1.29 is 4.52 Å². The Bertz CT molecular complexity index is 418. The van der Waals surface area contributed by atoms with E-state index in [0.717, 1.165) is 12.2 Å². The van der Waals surface area contributed by atoms with Gasteiger partial charge in [0.15, 0.2) is 0 Å². The molecule has 2 rings (SSSR count). The third kappa shape index (κ3) is 1.42. The number of aromatic nitrogens is 3. The van der Waals surface area contributed by atoms with Crippen LogP contribution in [0.15, 0.2) is 22.9 Å². The van der Waals surface area contributed by atoms with Crippen LogP contribution in [0.1, 0.15) is 12.8 Å². The predicted octanol–water partition coefficient (Wildman–Crippen LogP) is 1.02. The van der Waals surface area contributed by atoms with Crippen molar-refractivity contribution in [1.29, 1.82) is 0 Å². The van der Waals surface area contributed by atoms with Gasteiger partial charge in [-0.15, -0.1) is 0 Å². The molecular weight excluding hydrogens is 180 g/mol. The Morgan fingerprint density at radius 3 is 3.07 bits per heavy atom. The zero-order chi connectivity index (χ0) is 9.97. The smallest absolute Gasteiger partial charge is 0.240 e. The van der Waals surface area contributed by atoms with E-state index in [1.54, 1.807) is 0 Å². The molecule has 5 heteroatoms. The maximum atomic E-state index is 5.38. The first kappa shape index (κ1) is 8.96. The number of nitrogens with two attached hydrogens (primary N) is 1. The van der Waals surface area contributed by atoms with Gasteiger partial charge >= 0.3 is 0 Å². The highest BCUT2D eigenvalue weighted by Crippen LogP contribution is 2.16. The van der Waals surface area contributed by atoms with Crippen LogP contribution in [0.5, 0.6) is 0 Å². The van der Waals surface area contributed by atoms with Gasteiger partial charge in [0.1, 0.15) is 0 Å². The van der Waals surface area contributed by atoms with Gasteiger partial charge in [-0.25, -0.2) is 0 Å². The number of hydrogen-bond donors (Lipinski definition) is 1. The molecule has 0 saturated carbocycles. The molecule has 0 aliphatic heterocycles. The molecule has 14 heavy (non-hydrogen) atoms. The zero-order valence-corrected chi connectivity index (χ0v) is 7.97. The molecule has 0 aliphatic rings. The highest BCUT2D eigenvalue weighted by atomic mass is 16.5. The van der Waals surface area contributed by atoms with Crippen molar-refractivity contribution >= 4 is 0 Å². The summed E-state index contributed by atoms with van der Waals surface area (Å²) in [6.07, 6.45) is 1.98. The topological polar surface area (TPSA) is 69.9 Å². The molecule has 74 valence electrons. The molecule has 2 heterocycles. The average Bonchev–Trinajstić information content (AvgIpc) is 2.85. The van der Waals surface area contributed by atoms with E-state index in [2.05, 4.69) is 17.1 Å². The summed E-state index contributed by atoms with van der Waals surface area (Å²) in [5.74, 6) is 1.06. The zero-order valence-electron chi connectivity index (χ0n) is 7.97. The van der Waals surface area contributed by atoms with E-state index >= 15 is 0 Å². The van der Waals surface area contributed by atoms with Gasteiger partial charge < -0.3 is 14.8 Å². The minimum absolute atomic E-state index is 0.278. The van der Waals surface area contributed by atoms with Crippen LogP contribution in [0, 0.1) is 0 Å². The van der Waals surface area contributed by atoms with Crippen molar-refractivity contribution in [3.8, 4) is 11.5 Å². The maximum Gasteiger partial charge on any atom is 0.240 e. The fourth-order valence-electron chi connectivity index (χ4n) is 1.33. The Labute approximate surface area is 81.5 Å². The lowest BCUT2D eigenvalue weighted by atomic mass is 10.4. The van der Waals surface area contributed by atoms with Gasteiger partial charge in [-0.3, -0.25) is 0 Å². The van der Waals surface area contributed by atoms with Gasteiger partial charge in [-0.1, -0.05) is 5.16 Å². The highest BCUT2D eigenvalue weighted by Gasteiger charge is 2.09. The van der Waals surface area contributed by atoms with Crippen molar-refractivity contribution in [1.82, 2.24) is 14.7 Å². The van der Waals surface area contributed by atoms with E-state index in [1.807, 2.05) is 22.9 Å². The van der Waals surface area contributed by atoms with Crippen LogP contribution in [0.25, 0.3) is 11.5 Å². The fraction of sp³-hybridized carbons (Fsp3) is 0.333. The monoisotopic (exact) mass is 192 g/mol. The van der Waals surface area contributed by atoms with Gasteiger partial charge in [-0.05, 0) is 19.1 Å². The molecule has 0 aliphatic carbocycles. The van der Waals surface area contributed by atoms with E-state index < -0.39 is 0 Å². The number of aryl methyl sites for hydroxylation is 1. The second-order valence-corrected chi connectivity index (χ2v) is 2.90. The van der Waals surface area contributed by atoms with E-state index in [0.29, 0.717) is 11.7 Å². The van der Waals surface area contributed by atoms with Crippen molar-refractivity contribution in [3.63, 3.8) is 0 Å². The lowest BCUT2D eigenvalue weighted by Crippen LogP contribution is -1.98. The molecule has 0 spiro atoms. The van der Waals surface area contributed by atoms with Crippen LogP contribution in [0.3, 0.4) is 0 Å². The summed E-state index contributed by atoms with van der Waals surface area (Å²) in [6, 6.07) is 3.91. The Morgan fingerprint density at radius 1 is 1.57 bits per heavy atom. The van der Waals surface area contributed by atoms with E-state index in [1.165, 1.54) is 0 Å². The van der Waals surface area contributed by atoms with Crippen molar-refractivity contribution in [2.24, 2.45) is 5.73 Å². The van der Waals surface area contributed by atoms with Gasteiger partial charge in [0.2, 0.25) is 11.7 Å². The Balaban J connectivity index is 2.38. The van der Waals surface area contributed by atoms with Gasteiger partial charge in [0.25, 0.3) is 0 Å². The fourth-order valence-corrected chi connectivity index (χ4v) is 1.33. The third-order valence-electron chi connectivity index (χ3n) is 2.04. The Kier molecular flexibility index (Phi) is 2.32. The predicted molar refractivity (Wildman–Crippen MR) is 51.3 cm³/mol. The Morgan fingerprint density at radius 2 is 2.43 bits per heavy atom. The van der Waals surface area contributed by atoms with Crippen LogP contribution in [-0.2, 0) is 13.1 Å². The van der Waals surface area contributed by atoms with Crippen LogP contribution >= 0.6 is 0 Å². The molecular formula is C9H12N4O. The van der Waals surface area contributed by atoms with Crippen molar-refractivity contribution in [2.75, 3.05) is 0 Å². The summed E-state index contributed by atoms with van der Waals surface area (Å²) in [5.41, 5.74) is 6.34. The Hall–Kier alpha value is -1.62. The van der Waals surface area contributed by atoms with Crippen LogP contribution < -0.4 is 5.73 Å². The summed E-state index contributed by atoms with van der Waals surface area (Å²) in [5, 5.41) is 3.85. The second-order valence-electron chi connectivity index (χ2n) is 2.90. The van der Waals surface area contributed by atoms with Crippen LogP contribution in [0.4, 0.5) is 0 Å². The second kappa shape index (κ2) is 3.63. The number of hydrogen-bond acceptors (Lipinski definition) is 4. The van der Waals surface area contributed by atoms with Gasteiger partial charge in [-0.2, -0.15) is 4.98 Å². The molecule has 0 unspecified atom stereocenters. The average molecular weight is 192 g/mol. The van der Waals surface area contributed by atoms with E-state index in [-0.39, 0.29) is 6.54 Å². The molecule has 0 aromatic carbocycles. The van der Waals surface area contributed by atoms with Crippen LogP contribution in [-0.4, -0.2) is 14.7 Å². The third-order valence-corrected chi connectivity index (χ3v) is 2.04. The maximum absolute atomic E-state index is 5.38. The minimum atomic E-state index is 0.278. The van der Waals surface area contributed by atoms with Crippen molar-refractivity contribution in [2.45, 2.75) is 20.0 Å². The molecule has 2 N–H and O–H groups in total. The SMILES string of the molecule is CCn1cccc1-c1noc(CN)n1. The summed E-state index contributed by atoms with van der Waals surface area (Å²) in [6.45, 7) is 3.22. The quantitative estimate of drug-likeness (QED) is 0.788. The lowest BCUT2D eigenvalue weighted by molar-refractivity contribution is 0.380. The van der Waals surface area contributed by atoms with Crippen LogP contribution in [0.2, 0.25) is 0 Å². The van der Waals surface area contributed by atoms with E-state index in [4.69, 9.17) is 10.3 Å². The molecule has 0 bridgehead atoms. The summed E-state index contributed by atoms with van der Waals surface area (Å²) < 4.78 is 6.98. The normalized spacial score (nSPS) is 10.7. The number of nitrogens with zero attached hydrogens (tertiary/aromatic N) is 3. The standard InChI is InChI=1S/C9H12N4O/c1-2-13-5-3-4-7(13)9-11-8(6-10)14-12-9/h3-5H,2,6,10H2,1H3. The molecule has 0 radical (unpaired) electrons. The lowest BCUT2D eigenvalue weighted by Gasteiger charge is -2.00. The molecule has 2 aromatic heterocycles. The van der Waals surface area contributed by atoms with Crippen molar-refractivity contribution in [3.05, 3.63) is 24.2 Å². The first-order chi connectivity index (χ1) is 6.85. The van der Waals surface area contributed by atoms with Gasteiger partial charge in [0, 0.05) is 12.7 Å². The summed E-state index contributed by atoms with van der Waals surface area (Å²) in [4.78, 5) is 4.16. The molecule has 0 saturated heterocycles. The summed E-state index contributed by atoms with van der Waals surface area (Å²) >= 11 is 0. The molecule has 0 amide bonds. The first-order valence-electron chi connectivity index (χ1n) is 4.53. The molecule has 2 aromatic rings. The number of rotatable bonds is 3. The van der Waals surface area contributed by atoms with Gasteiger partial charge in [0.05, 0.1) is 12.2 Å². The molecule has 5 nitrogen and oxygen atoms in total. The largest absolute Gasteiger partial charge is 0.345 e. The minimum Gasteiger partial charge on any atom is -0.345 e. The molecule has 0 fully saturated rings. The molecule has 0 atom stereocenters. The first-order valence-corrected chi connectivity index (χ1v) is 4.53.